The molecular formula is C22H29N3. The first-order valence-electron chi connectivity index (χ1n) is 9.33. The third-order valence-corrected chi connectivity index (χ3v) is 5.39. The summed E-state index contributed by atoms with van der Waals surface area (Å²) in [5.74, 6) is 0.441. The first kappa shape index (κ1) is 17.8. The van der Waals surface area contributed by atoms with E-state index >= 15 is 0 Å². The summed E-state index contributed by atoms with van der Waals surface area (Å²) in [5.41, 5.74) is 5.00. The van der Waals surface area contributed by atoms with Gasteiger partial charge in [-0.15, -0.1) is 6.58 Å². The zero-order valence-electron chi connectivity index (χ0n) is 15.7. The Hall–Kier alpha value is -2.00. The molecule has 0 aromatic carbocycles. The minimum absolute atomic E-state index is 0.351. The van der Waals surface area contributed by atoms with Gasteiger partial charge < -0.3 is 0 Å². The van der Waals surface area contributed by atoms with Gasteiger partial charge in [0, 0.05) is 18.9 Å². The fourth-order valence-electron chi connectivity index (χ4n) is 4.00. The lowest BCUT2D eigenvalue weighted by molar-refractivity contribution is 0.0673. The molecule has 0 amide bonds. The molecule has 3 atom stereocenters. The number of likely N-dealkylation sites (tertiary alicyclic amines) is 1. The van der Waals surface area contributed by atoms with Gasteiger partial charge in [0.25, 0.3) is 0 Å². The molecule has 0 bridgehead atoms. The molecule has 1 aliphatic heterocycles. The monoisotopic (exact) mass is 335 g/mol. The van der Waals surface area contributed by atoms with Gasteiger partial charge in [-0.05, 0) is 62.3 Å². The maximum Gasteiger partial charge on any atom is 0.0604 e. The van der Waals surface area contributed by atoms with Crippen LogP contribution in [0.2, 0.25) is 0 Å². The van der Waals surface area contributed by atoms with Crippen LogP contribution < -0.4 is 0 Å². The quantitative estimate of drug-likeness (QED) is 0.705. The second kappa shape index (κ2) is 7.92. The van der Waals surface area contributed by atoms with Crippen molar-refractivity contribution in [2.75, 3.05) is 6.54 Å². The summed E-state index contributed by atoms with van der Waals surface area (Å²) in [5, 5.41) is 0. The molecule has 132 valence electrons. The lowest BCUT2D eigenvalue weighted by Crippen LogP contribution is -2.40. The van der Waals surface area contributed by atoms with E-state index in [4.69, 9.17) is 9.97 Å². The number of aryl methyl sites for hydroxylation is 2. The number of hydrogen-bond donors (Lipinski definition) is 0. The first-order chi connectivity index (χ1) is 12.1. The average Bonchev–Trinajstić information content (AvgIpc) is 2.63. The SMILES string of the molecule is C=CC(C)CN1C(c2ncccc2C)CCCC1c1ncccc1C. The highest BCUT2D eigenvalue weighted by atomic mass is 15.2. The molecule has 0 N–H and O–H groups in total. The minimum atomic E-state index is 0.351. The summed E-state index contributed by atoms with van der Waals surface area (Å²) in [6.45, 7) is 11.6. The maximum absolute atomic E-state index is 4.75. The molecule has 3 rings (SSSR count). The highest BCUT2D eigenvalue weighted by Crippen LogP contribution is 2.42. The number of rotatable bonds is 5. The summed E-state index contributed by atoms with van der Waals surface area (Å²) in [4.78, 5) is 12.1. The molecule has 0 aliphatic carbocycles. The zero-order valence-corrected chi connectivity index (χ0v) is 15.7. The summed E-state index contributed by atoms with van der Waals surface area (Å²) in [6.07, 6.45) is 9.42. The number of nitrogens with zero attached hydrogens (tertiary/aromatic N) is 3. The van der Waals surface area contributed by atoms with Crippen LogP contribution >= 0.6 is 0 Å². The Morgan fingerprint density at radius 2 is 1.60 bits per heavy atom. The number of hydrogen-bond acceptors (Lipinski definition) is 3. The van der Waals surface area contributed by atoms with Crippen LogP contribution in [0.25, 0.3) is 0 Å². The van der Waals surface area contributed by atoms with Gasteiger partial charge in [-0.2, -0.15) is 0 Å². The van der Waals surface area contributed by atoms with Crippen LogP contribution in [-0.4, -0.2) is 21.4 Å². The molecule has 2 aromatic rings. The van der Waals surface area contributed by atoms with E-state index in [0.29, 0.717) is 18.0 Å². The Labute approximate surface area is 151 Å². The molecule has 3 unspecified atom stereocenters. The molecular weight excluding hydrogens is 306 g/mol. The molecule has 3 nitrogen and oxygen atoms in total. The largest absolute Gasteiger partial charge is 0.286 e. The van der Waals surface area contributed by atoms with Crippen molar-refractivity contribution in [3.05, 3.63) is 71.8 Å². The molecule has 0 spiro atoms. The third-order valence-electron chi connectivity index (χ3n) is 5.39. The lowest BCUT2D eigenvalue weighted by atomic mass is 9.88. The summed E-state index contributed by atoms with van der Waals surface area (Å²) < 4.78 is 0. The van der Waals surface area contributed by atoms with Crippen LogP contribution in [0.5, 0.6) is 0 Å². The number of piperidine rings is 1. The van der Waals surface area contributed by atoms with Crippen molar-refractivity contribution in [2.45, 2.75) is 52.1 Å². The highest BCUT2D eigenvalue weighted by Gasteiger charge is 2.35. The minimum Gasteiger partial charge on any atom is -0.286 e. The van der Waals surface area contributed by atoms with Gasteiger partial charge >= 0.3 is 0 Å². The Balaban J connectivity index is 2.01. The average molecular weight is 335 g/mol. The van der Waals surface area contributed by atoms with Crippen LogP contribution in [0.4, 0.5) is 0 Å². The zero-order chi connectivity index (χ0) is 17.8. The fourth-order valence-corrected chi connectivity index (χ4v) is 4.00. The Morgan fingerprint density at radius 1 is 1.08 bits per heavy atom. The molecule has 2 aromatic heterocycles. The van der Waals surface area contributed by atoms with Gasteiger partial charge in [-0.3, -0.25) is 14.9 Å². The van der Waals surface area contributed by atoms with Gasteiger partial charge in [0.2, 0.25) is 0 Å². The van der Waals surface area contributed by atoms with E-state index in [2.05, 4.69) is 50.5 Å². The Bertz CT molecular complexity index is 671. The lowest BCUT2D eigenvalue weighted by Gasteiger charge is -2.43. The Morgan fingerprint density at radius 3 is 2.04 bits per heavy atom. The molecule has 1 aliphatic rings. The van der Waals surface area contributed by atoms with Crippen LogP contribution in [0, 0.1) is 19.8 Å². The standard InChI is InChI=1S/C22H29N3/c1-5-16(2)15-25-19(21-17(3)9-7-13-23-21)11-6-12-20(25)22-18(4)10-8-14-24-22/h5,7-10,13-14,16,19-20H,1,6,11-12,15H2,2-4H3. The van der Waals surface area contributed by atoms with Crippen molar-refractivity contribution in [2.24, 2.45) is 5.92 Å². The van der Waals surface area contributed by atoms with E-state index in [9.17, 15) is 0 Å². The van der Waals surface area contributed by atoms with E-state index in [0.717, 1.165) is 19.4 Å². The summed E-state index contributed by atoms with van der Waals surface area (Å²) >= 11 is 0. The van der Waals surface area contributed by atoms with Crippen LogP contribution in [0.1, 0.15) is 60.8 Å². The van der Waals surface area contributed by atoms with E-state index in [1.165, 1.54) is 28.9 Å². The van der Waals surface area contributed by atoms with Crippen LogP contribution in [-0.2, 0) is 0 Å². The van der Waals surface area contributed by atoms with Crippen molar-refractivity contribution in [3.8, 4) is 0 Å². The predicted molar refractivity (Wildman–Crippen MR) is 103 cm³/mol. The van der Waals surface area contributed by atoms with E-state index in [1.54, 1.807) is 0 Å². The Kier molecular flexibility index (Phi) is 5.64. The van der Waals surface area contributed by atoms with Crippen LogP contribution in [0.3, 0.4) is 0 Å². The summed E-state index contributed by atoms with van der Waals surface area (Å²) in [6, 6.07) is 9.10. The van der Waals surface area contributed by atoms with Gasteiger partial charge in [0.15, 0.2) is 0 Å². The summed E-state index contributed by atoms with van der Waals surface area (Å²) in [7, 11) is 0. The molecule has 1 fully saturated rings. The molecule has 0 saturated carbocycles. The topological polar surface area (TPSA) is 29.0 Å². The van der Waals surface area contributed by atoms with Crippen molar-refractivity contribution in [1.29, 1.82) is 0 Å². The number of aromatic nitrogens is 2. The second-order valence-electron chi connectivity index (χ2n) is 7.28. The second-order valence-corrected chi connectivity index (χ2v) is 7.28. The van der Waals surface area contributed by atoms with Crippen molar-refractivity contribution < 1.29 is 0 Å². The highest BCUT2D eigenvalue weighted by molar-refractivity contribution is 5.26. The molecule has 25 heavy (non-hydrogen) atoms. The predicted octanol–water partition coefficient (Wildman–Crippen LogP) is 5.18. The molecule has 3 heterocycles. The molecule has 0 radical (unpaired) electrons. The maximum atomic E-state index is 4.75. The van der Waals surface area contributed by atoms with E-state index < -0.39 is 0 Å². The molecule has 3 heteroatoms. The van der Waals surface area contributed by atoms with Crippen molar-refractivity contribution in [1.82, 2.24) is 14.9 Å². The van der Waals surface area contributed by atoms with Gasteiger partial charge in [-0.1, -0.05) is 25.1 Å². The van der Waals surface area contributed by atoms with Crippen molar-refractivity contribution >= 4 is 0 Å². The molecule has 1 saturated heterocycles. The smallest absolute Gasteiger partial charge is 0.0604 e. The third kappa shape index (κ3) is 3.82. The van der Waals surface area contributed by atoms with Crippen molar-refractivity contribution in [3.63, 3.8) is 0 Å². The number of pyridine rings is 2. The fraction of sp³-hybridized carbons (Fsp3) is 0.455. The van der Waals surface area contributed by atoms with E-state index in [-0.39, 0.29) is 0 Å². The van der Waals surface area contributed by atoms with Gasteiger partial charge in [-0.25, -0.2) is 0 Å². The van der Waals surface area contributed by atoms with E-state index in [1.807, 2.05) is 24.5 Å². The first-order valence-corrected chi connectivity index (χ1v) is 9.33. The van der Waals surface area contributed by atoms with Gasteiger partial charge in [0.05, 0.1) is 23.5 Å². The normalized spacial score (nSPS) is 22.5. The van der Waals surface area contributed by atoms with Crippen LogP contribution in [0.15, 0.2) is 49.3 Å². The van der Waals surface area contributed by atoms with Gasteiger partial charge in [0.1, 0.15) is 0 Å².